The minimum Gasteiger partial charge on any atom is -0.508 e. The molecule has 0 aliphatic carbocycles. The van der Waals surface area contributed by atoms with Crippen molar-refractivity contribution < 1.29 is 10.0 Å². The zero-order chi connectivity index (χ0) is 18.5. The molecule has 3 rings (SSSR count). The monoisotopic (exact) mass is 339 g/mol. The lowest BCUT2D eigenvalue weighted by molar-refractivity contribution is -0.383. The number of aromatic hydroxyl groups is 1. The molecule has 3 aromatic rings. The van der Waals surface area contributed by atoms with Crippen LogP contribution < -0.4 is 5.73 Å². The second-order valence-electron chi connectivity index (χ2n) is 6.94. The topological polar surface area (TPSA) is 94.3 Å². The van der Waals surface area contributed by atoms with Gasteiger partial charge >= 0.3 is 0 Å². The van der Waals surface area contributed by atoms with E-state index in [2.05, 4.69) is 0 Å². The van der Waals surface area contributed by atoms with Crippen molar-refractivity contribution >= 4 is 16.6 Å². The van der Waals surface area contributed by atoms with Crippen LogP contribution in [0.4, 0.5) is 5.69 Å². The lowest BCUT2D eigenvalue weighted by Crippen LogP contribution is -2.29. The zero-order valence-electron chi connectivity index (χ0n) is 14.7. The van der Waals surface area contributed by atoms with Gasteiger partial charge in [0.05, 0.1) is 21.5 Å². The van der Waals surface area contributed by atoms with E-state index in [0.29, 0.717) is 22.2 Å². The molecule has 1 aromatic heterocycles. The van der Waals surface area contributed by atoms with Crippen molar-refractivity contribution in [3.63, 3.8) is 0 Å². The van der Waals surface area contributed by atoms with E-state index < -0.39 is 5.54 Å². The molecule has 2 aromatic carbocycles. The number of phenolic OH excluding ortho intramolecular Hbond substituents is 1. The van der Waals surface area contributed by atoms with Crippen LogP contribution in [0.5, 0.6) is 5.75 Å². The van der Waals surface area contributed by atoms with Gasteiger partial charge in [-0.1, -0.05) is 17.7 Å². The van der Waals surface area contributed by atoms with Crippen molar-refractivity contribution in [3.05, 3.63) is 63.3 Å². The first-order valence-corrected chi connectivity index (χ1v) is 8.00. The van der Waals surface area contributed by atoms with Gasteiger partial charge in [-0.2, -0.15) is 0 Å². The number of rotatable bonds is 3. The van der Waals surface area contributed by atoms with Crippen LogP contribution in [0.25, 0.3) is 16.6 Å². The molecule has 130 valence electrons. The molecular formula is C19H21N3O3. The quantitative estimate of drug-likeness (QED) is 0.556. The molecule has 3 N–H and O–H groups in total. The fourth-order valence-electron chi connectivity index (χ4n) is 3.35. The molecule has 0 atom stereocenters. The average Bonchev–Trinajstić information content (AvgIpc) is 2.78. The second kappa shape index (κ2) is 5.60. The number of nitro groups is 1. The maximum Gasteiger partial charge on any atom is 0.298 e. The van der Waals surface area contributed by atoms with Crippen LogP contribution in [0.1, 0.15) is 30.7 Å². The van der Waals surface area contributed by atoms with E-state index >= 15 is 0 Å². The molecule has 0 fully saturated rings. The van der Waals surface area contributed by atoms with Crippen molar-refractivity contribution in [2.24, 2.45) is 5.73 Å². The van der Waals surface area contributed by atoms with Gasteiger partial charge in [-0.05, 0) is 52.0 Å². The number of aryl methyl sites for hydroxylation is 1. The highest BCUT2D eigenvalue weighted by Gasteiger charge is 2.31. The summed E-state index contributed by atoms with van der Waals surface area (Å²) >= 11 is 0. The van der Waals surface area contributed by atoms with Crippen LogP contribution >= 0.6 is 0 Å². The fourth-order valence-corrected chi connectivity index (χ4v) is 3.35. The van der Waals surface area contributed by atoms with E-state index in [1.807, 2.05) is 31.2 Å². The van der Waals surface area contributed by atoms with E-state index in [1.165, 1.54) is 6.07 Å². The Hall–Kier alpha value is -2.86. The summed E-state index contributed by atoms with van der Waals surface area (Å²) in [6.45, 7) is 7.24. The van der Waals surface area contributed by atoms with Crippen molar-refractivity contribution in [2.45, 2.75) is 33.2 Å². The standard InChI is InChI=1S/C19H21N3O3/c1-11-5-7-13(8-6-11)21-12(2)17(22(24)25)14-9-10-15(23)16(18(14)21)19(3,4)20/h5-10,23H,20H2,1-4H3. The SMILES string of the molecule is Cc1ccc(-n2c(C)c([N+](=O)[O-])c3ccc(O)c(C(C)(C)N)c32)cc1. The summed E-state index contributed by atoms with van der Waals surface area (Å²) in [5.74, 6) is 0.0285. The number of hydrogen-bond acceptors (Lipinski definition) is 4. The van der Waals surface area contributed by atoms with Gasteiger partial charge < -0.3 is 15.4 Å². The Labute approximate surface area is 145 Å². The highest BCUT2D eigenvalue weighted by Crippen LogP contribution is 2.42. The van der Waals surface area contributed by atoms with Gasteiger partial charge in [-0.25, -0.2) is 0 Å². The van der Waals surface area contributed by atoms with Crippen LogP contribution in [-0.2, 0) is 5.54 Å². The molecule has 0 saturated heterocycles. The number of nitrogens with zero attached hydrogens (tertiary/aromatic N) is 2. The van der Waals surface area contributed by atoms with Crippen LogP contribution in [-0.4, -0.2) is 14.6 Å². The number of benzene rings is 2. The Kier molecular flexibility index (Phi) is 3.80. The maximum absolute atomic E-state index is 11.7. The number of nitrogens with two attached hydrogens (primary N) is 1. The lowest BCUT2D eigenvalue weighted by atomic mass is 9.92. The Morgan fingerprint density at radius 3 is 2.24 bits per heavy atom. The summed E-state index contributed by atoms with van der Waals surface area (Å²) < 4.78 is 1.80. The molecule has 0 amide bonds. The van der Waals surface area contributed by atoms with Gasteiger partial charge in [-0.3, -0.25) is 10.1 Å². The van der Waals surface area contributed by atoms with E-state index in [9.17, 15) is 15.2 Å². The Morgan fingerprint density at radius 1 is 1.12 bits per heavy atom. The maximum atomic E-state index is 11.7. The predicted molar refractivity (Wildman–Crippen MR) is 98.3 cm³/mol. The first kappa shape index (κ1) is 17.0. The molecule has 0 aliphatic heterocycles. The largest absolute Gasteiger partial charge is 0.508 e. The molecule has 0 unspecified atom stereocenters. The number of hydrogen-bond donors (Lipinski definition) is 2. The second-order valence-corrected chi connectivity index (χ2v) is 6.94. The molecule has 0 spiro atoms. The summed E-state index contributed by atoms with van der Waals surface area (Å²) in [5, 5.41) is 22.6. The van der Waals surface area contributed by atoms with Crippen molar-refractivity contribution in [1.29, 1.82) is 0 Å². The van der Waals surface area contributed by atoms with Crippen molar-refractivity contribution in [1.82, 2.24) is 4.57 Å². The molecule has 6 nitrogen and oxygen atoms in total. The van der Waals surface area contributed by atoms with Gasteiger partial charge in [0.2, 0.25) is 0 Å². The van der Waals surface area contributed by atoms with Gasteiger partial charge in [0.25, 0.3) is 5.69 Å². The van der Waals surface area contributed by atoms with Gasteiger partial charge in [-0.15, -0.1) is 0 Å². The molecule has 25 heavy (non-hydrogen) atoms. The number of phenols is 1. The van der Waals surface area contributed by atoms with E-state index in [-0.39, 0.29) is 16.4 Å². The Morgan fingerprint density at radius 2 is 1.72 bits per heavy atom. The predicted octanol–water partition coefficient (Wildman–Crippen LogP) is 4.05. The lowest BCUT2D eigenvalue weighted by Gasteiger charge is -2.23. The zero-order valence-corrected chi connectivity index (χ0v) is 14.7. The first-order valence-electron chi connectivity index (χ1n) is 8.00. The highest BCUT2D eigenvalue weighted by molar-refractivity contribution is 5.97. The minimum absolute atomic E-state index is 0.0285. The summed E-state index contributed by atoms with van der Waals surface area (Å²) in [6.07, 6.45) is 0. The molecule has 0 radical (unpaired) electrons. The molecule has 0 saturated carbocycles. The third-order valence-corrected chi connectivity index (χ3v) is 4.43. The van der Waals surface area contributed by atoms with Crippen LogP contribution in [0, 0.1) is 24.0 Å². The number of fused-ring (bicyclic) bond motifs is 1. The summed E-state index contributed by atoms with van der Waals surface area (Å²) in [6, 6.07) is 10.8. The van der Waals surface area contributed by atoms with E-state index in [1.54, 1.807) is 31.4 Å². The fraction of sp³-hybridized carbons (Fsp3) is 0.263. The number of aromatic nitrogens is 1. The van der Waals surface area contributed by atoms with Crippen LogP contribution in [0.15, 0.2) is 36.4 Å². The normalized spacial score (nSPS) is 11.9. The third kappa shape index (κ3) is 2.64. The molecular weight excluding hydrogens is 318 g/mol. The van der Waals surface area contributed by atoms with Crippen LogP contribution in [0.2, 0.25) is 0 Å². The molecule has 0 aliphatic rings. The van der Waals surface area contributed by atoms with E-state index in [0.717, 1.165) is 11.3 Å². The van der Waals surface area contributed by atoms with Gasteiger partial charge in [0.1, 0.15) is 5.75 Å². The average molecular weight is 339 g/mol. The third-order valence-electron chi connectivity index (χ3n) is 4.43. The van der Waals surface area contributed by atoms with Crippen molar-refractivity contribution in [2.75, 3.05) is 0 Å². The smallest absolute Gasteiger partial charge is 0.298 e. The molecule has 0 bridgehead atoms. The summed E-state index contributed by atoms with van der Waals surface area (Å²) in [7, 11) is 0. The highest BCUT2D eigenvalue weighted by atomic mass is 16.6. The summed E-state index contributed by atoms with van der Waals surface area (Å²) in [4.78, 5) is 11.3. The molecule has 1 heterocycles. The minimum atomic E-state index is -0.870. The van der Waals surface area contributed by atoms with Gasteiger partial charge in [0, 0.05) is 16.8 Å². The van der Waals surface area contributed by atoms with Gasteiger partial charge in [0.15, 0.2) is 0 Å². The van der Waals surface area contributed by atoms with E-state index in [4.69, 9.17) is 5.73 Å². The first-order chi connectivity index (χ1) is 11.6. The Bertz CT molecular complexity index is 980. The van der Waals surface area contributed by atoms with Crippen molar-refractivity contribution in [3.8, 4) is 11.4 Å². The Balaban J connectivity index is 2.55. The van der Waals surface area contributed by atoms with Crippen LogP contribution in [0.3, 0.4) is 0 Å². The molecule has 6 heteroatoms. The summed E-state index contributed by atoms with van der Waals surface area (Å²) in [5.41, 5.74) is 8.88.